The molecule has 1 aromatic rings. The molecule has 0 bridgehead atoms. The average molecular weight is 895 g/mol. The van der Waals surface area contributed by atoms with E-state index in [1.165, 1.54) is 56.5 Å². The Kier molecular flexibility index (Phi) is 20.8. The highest BCUT2D eigenvalue weighted by molar-refractivity contribution is 5.84. The number of ether oxygens (including phenoxy) is 2. The largest absolute Gasteiger partial charge is 0.445 e. The first-order valence-corrected chi connectivity index (χ1v) is 23.4. The highest BCUT2D eigenvalue weighted by Gasteiger charge is 2.47. The quantitative estimate of drug-likeness (QED) is 0.161. The molecule has 3 amide bonds. The second-order valence-electron chi connectivity index (χ2n) is 23.5. The zero-order valence-corrected chi connectivity index (χ0v) is 42.7. The Bertz CT molecular complexity index is 1700. The summed E-state index contributed by atoms with van der Waals surface area (Å²) in [5, 5.41) is 6.81. The number of nitrogens with zero attached hydrogens (tertiary/aromatic N) is 10. The minimum Gasteiger partial charge on any atom is -0.445 e. The van der Waals surface area contributed by atoms with Gasteiger partial charge in [-0.3, -0.25) is 19.5 Å². The van der Waals surface area contributed by atoms with Crippen molar-refractivity contribution in [3.63, 3.8) is 0 Å². The lowest BCUT2D eigenvalue weighted by Crippen LogP contribution is -2.58. The van der Waals surface area contributed by atoms with Crippen LogP contribution in [0.25, 0.3) is 20.9 Å². The molecule has 1 unspecified atom stereocenters. The SMILES string of the molecule is CC(C)(C)C1(C)CC1.CC(C)(C)CN=[N+]=[N-].CC(C)(C)N1CC(CN=[N+]=[N-])OC1=O.CC(C)(C)N1CCN(C(=O)OCc2ccccc2)CC1=O.CC(C)(C)N1C[C@H]2CCCC[C@H]2C1. The molecule has 3 saturated heterocycles. The van der Waals surface area contributed by atoms with Gasteiger partial charge in [0.2, 0.25) is 5.91 Å². The molecule has 0 aromatic heterocycles. The van der Waals surface area contributed by atoms with Gasteiger partial charge in [0.15, 0.2) is 0 Å². The van der Waals surface area contributed by atoms with Crippen LogP contribution in [0.2, 0.25) is 0 Å². The molecule has 15 nitrogen and oxygen atoms in total. The van der Waals surface area contributed by atoms with Gasteiger partial charge in [-0.2, -0.15) is 0 Å². The number of carbonyl (C=O) groups excluding carboxylic acids is 3. The number of carbonyl (C=O) groups is 3. The fourth-order valence-electron chi connectivity index (χ4n) is 7.78. The Labute approximate surface area is 386 Å². The number of hydrogen-bond acceptors (Lipinski definition) is 8. The van der Waals surface area contributed by atoms with Gasteiger partial charge in [-0.25, -0.2) is 9.59 Å². The number of fused-ring (bicyclic) bond motifs is 1. The Morgan fingerprint density at radius 1 is 0.766 bits per heavy atom. The lowest BCUT2D eigenvalue weighted by Gasteiger charge is -2.41. The first-order chi connectivity index (χ1) is 29.4. The molecule has 5 aliphatic rings. The van der Waals surface area contributed by atoms with Crippen LogP contribution >= 0.6 is 0 Å². The van der Waals surface area contributed by atoms with Gasteiger partial charge in [0.25, 0.3) is 0 Å². The van der Waals surface area contributed by atoms with E-state index >= 15 is 0 Å². The topological polar surface area (TPSA) is 180 Å². The van der Waals surface area contributed by atoms with Crippen LogP contribution in [-0.4, -0.2) is 113 Å². The first-order valence-electron chi connectivity index (χ1n) is 23.4. The van der Waals surface area contributed by atoms with Crippen molar-refractivity contribution in [2.45, 2.75) is 179 Å². The summed E-state index contributed by atoms with van der Waals surface area (Å²) in [6.07, 6.45) is 7.77. The van der Waals surface area contributed by atoms with Crippen molar-refractivity contribution in [1.82, 2.24) is 19.6 Å². The van der Waals surface area contributed by atoms with E-state index in [-0.39, 0.29) is 54.3 Å². The third kappa shape index (κ3) is 19.5. The van der Waals surface area contributed by atoms with Gasteiger partial charge in [0.05, 0.1) is 13.1 Å². The van der Waals surface area contributed by atoms with Crippen LogP contribution in [0.5, 0.6) is 0 Å². The molecular formula is C49H86N10O5. The Hall–Kier alpha value is -4.19. The maximum Gasteiger partial charge on any atom is 0.410 e. The Morgan fingerprint density at radius 2 is 1.30 bits per heavy atom. The Balaban J connectivity index is 0.000000289. The van der Waals surface area contributed by atoms with Crippen LogP contribution in [0.4, 0.5) is 9.59 Å². The number of rotatable bonds is 5. The third-order valence-electron chi connectivity index (χ3n) is 12.9. The highest BCUT2D eigenvalue weighted by atomic mass is 16.6. The Morgan fingerprint density at radius 3 is 1.67 bits per heavy atom. The van der Waals surface area contributed by atoms with E-state index in [1.54, 1.807) is 9.80 Å². The summed E-state index contributed by atoms with van der Waals surface area (Å²) in [6.45, 7) is 39.7. The summed E-state index contributed by atoms with van der Waals surface area (Å²) in [4.78, 5) is 48.3. The van der Waals surface area contributed by atoms with Crippen LogP contribution in [-0.2, 0) is 20.9 Å². The predicted molar refractivity (Wildman–Crippen MR) is 257 cm³/mol. The number of hydrogen-bond donors (Lipinski definition) is 0. The van der Waals surface area contributed by atoms with Crippen molar-refractivity contribution < 1.29 is 23.9 Å². The maximum absolute atomic E-state index is 12.1. The van der Waals surface area contributed by atoms with Crippen molar-refractivity contribution in [3.05, 3.63) is 56.8 Å². The zero-order valence-electron chi connectivity index (χ0n) is 42.7. The van der Waals surface area contributed by atoms with Gasteiger partial charge in [-0.15, -0.1) is 0 Å². The number of benzene rings is 1. The van der Waals surface area contributed by atoms with Gasteiger partial charge in [-0.05, 0) is 133 Å². The zero-order chi connectivity index (χ0) is 48.7. The normalized spacial score (nSPS) is 21.9. The molecular weight excluding hydrogens is 809 g/mol. The van der Waals surface area contributed by atoms with E-state index < -0.39 is 6.09 Å². The van der Waals surface area contributed by atoms with Crippen molar-refractivity contribution in [2.75, 3.05) is 52.4 Å². The van der Waals surface area contributed by atoms with Crippen LogP contribution < -0.4 is 0 Å². The van der Waals surface area contributed by atoms with Gasteiger partial charge in [-0.1, -0.05) is 102 Å². The van der Waals surface area contributed by atoms with Gasteiger partial charge >= 0.3 is 12.2 Å². The fraction of sp³-hybridized carbons (Fsp3) is 0.816. The lowest BCUT2D eigenvalue weighted by atomic mass is 9.79. The van der Waals surface area contributed by atoms with E-state index in [1.807, 2.05) is 92.6 Å². The summed E-state index contributed by atoms with van der Waals surface area (Å²) < 4.78 is 10.3. The molecule has 6 rings (SSSR count). The van der Waals surface area contributed by atoms with Crippen LogP contribution in [0.3, 0.4) is 0 Å². The van der Waals surface area contributed by atoms with Crippen molar-refractivity contribution >= 4 is 18.1 Å². The van der Waals surface area contributed by atoms with E-state index in [0.29, 0.717) is 42.5 Å². The molecule has 5 fully saturated rings. The maximum atomic E-state index is 12.1. The van der Waals surface area contributed by atoms with Crippen LogP contribution in [0.15, 0.2) is 40.6 Å². The molecule has 0 spiro atoms. The van der Waals surface area contributed by atoms with Crippen molar-refractivity contribution in [1.29, 1.82) is 0 Å². The summed E-state index contributed by atoms with van der Waals surface area (Å²) in [5.41, 5.74) is 18.3. The molecule has 15 heteroatoms. The molecule has 2 aliphatic carbocycles. The van der Waals surface area contributed by atoms with E-state index in [4.69, 9.17) is 20.5 Å². The molecule has 3 atom stereocenters. The standard InChI is InChI=1S/C16H22N2O3.C12H23N.C8H14N4O2.C8H16.C5H11N3/c1-16(2,3)18-10-9-17(11-14(18)19)15(20)21-12-13-7-5-4-6-8-13;1-12(2,3)13-8-10-6-4-5-7-11(10)9-13;1-8(2,3)12-5-6(4-10-11-9)14-7(12)13;1-7(2,3)8(4)5-6-8;1-5(2,3)4-7-8-6/h4-8H,9-12H2,1-3H3;10-11H,4-9H2,1-3H3;6H,4-5H2,1-3H3;5-6H2,1-4H3;4H2,1-3H3/t;10-,11+;;;. The van der Waals surface area contributed by atoms with E-state index in [9.17, 15) is 14.4 Å². The summed E-state index contributed by atoms with van der Waals surface area (Å²) in [7, 11) is 0. The van der Waals surface area contributed by atoms with Crippen LogP contribution in [0, 0.1) is 28.1 Å². The smallest absolute Gasteiger partial charge is 0.410 e. The first kappa shape index (κ1) is 55.9. The molecule has 0 radical (unpaired) electrons. The number of cyclic esters (lactones) is 1. The minimum atomic E-state index is -0.430. The second kappa shape index (κ2) is 23.8. The third-order valence-corrected chi connectivity index (χ3v) is 12.9. The molecule has 0 N–H and O–H groups in total. The highest BCUT2D eigenvalue weighted by Crippen LogP contribution is 2.57. The molecule has 1 aromatic carbocycles. The lowest BCUT2D eigenvalue weighted by molar-refractivity contribution is -0.140. The number of likely N-dealkylation sites (tertiary alicyclic amines) is 1. The summed E-state index contributed by atoms with van der Waals surface area (Å²) in [5.74, 6) is 2.03. The number of amides is 3. The summed E-state index contributed by atoms with van der Waals surface area (Å²) >= 11 is 0. The minimum absolute atomic E-state index is 0.0367. The van der Waals surface area contributed by atoms with Gasteiger partial charge in [0.1, 0.15) is 19.3 Å². The monoisotopic (exact) mass is 895 g/mol. The van der Waals surface area contributed by atoms with Gasteiger partial charge in [0, 0.05) is 59.2 Å². The second-order valence-corrected chi connectivity index (χ2v) is 23.5. The molecule has 64 heavy (non-hydrogen) atoms. The van der Waals surface area contributed by atoms with Crippen LogP contribution in [0.1, 0.15) is 155 Å². The number of piperazine rings is 1. The number of azide groups is 2. The van der Waals surface area contributed by atoms with Crippen molar-refractivity contribution in [3.8, 4) is 0 Å². The van der Waals surface area contributed by atoms with Gasteiger partial charge < -0.3 is 14.4 Å². The van der Waals surface area contributed by atoms with E-state index in [2.05, 4.69) is 73.4 Å². The van der Waals surface area contributed by atoms with Crippen molar-refractivity contribution in [2.24, 2.45) is 38.3 Å². The fourth-order valence-corrected chi connectivity index (χ4v) is 7.78. The molecule has 3 heterocycles. The molecule has 2 saturated carbocycles. The molecule has 362 valence electrons. The molecule has 3 aliphatic heterocycles. The average Bonchev–Trinajstić information content (AvgIpc) is 3.61. The summed E-state index contributed by atoms with van der Waals surface area (Å²) in [6, 6.07) is 9.51. The predicted octanol–water partition coefficient (Wildman–Crippen LogP) is 12.3. The van der Waals surface area contributed by atoms with E-state index in [0.717, 1.165) is 17.4 Å².